The smallest absolute Gasteiger partial charge is 0.255 e. The van der Waals surface area contributed by atoms with Crippen LogP contribution in [0, 0.1) is 0 Å². The molecule has 0 unspecified atom stereocenters. The Labute approximate surface area is 93.8 Å². The van der Waals surface area contributed by atoms with Crippen molar-refractivity contribution in [2.24, 2.45) is 0 Å². The Morgan fingerprint density at radius 3 is 2.73 bits per heavy atom. The van der Waals surface area contributed by atoms with Gasteiger partial charge in [0.05, 0.1) is 6.54 Å². The fourth-order valence-corrected chi connectivity index (χ4v) is 1.32. The van der Waals surface area contributed by atoms with Gasteiger partial charge in [0.1, 0.15) is 0 Å². The predicted molar refractivity (Wildman–Crippen MR) is 56.9 cm³/mol. The summed E-state index contributed by atoms with van der Waals surface area (Å²) in [7, 11) is 0. The number of hydrogen-bond acceptors (Lipinski definition) is 2. The van der Waals surface area contributed by atoms with Crippen LogP contribution in [0.4, 0.5) is 14.5 Å². The van der Waals surface area contributed by atoms with Gasteiger partial charge >= 0.3 is 0 Å². The fourth-order valence-electron chi connectivity index (χ4n) is 0.940. The molecule has 3 N–H and O–H groups in total. The van der Waals surface area contributed by atoms with Gasteiger partial charge in [-0.1, -0.05) is 0 Å². The van der Waals surface area contributed by atoms with E-state index in [1.807, 2.05) is 0 Å². The lowest BCUT2D eigenvalue weighted by Gasteiger charge is -2.05. The Hall–Kier alpha value is -1.17. The lowest BCUT2D eigenvalue weighted by Crippen LogP contribution is -2.28. The van der Waals surface area contributed by atoms with Gasteiger partial charge in [-0.3, -0.25) is 4.79 Å². The van der Waals surface area contributed by atoms with Gasteiger partial charge in [-0.25, -0.2) is 8.78 Å². The Morgan fingerprint density at radius 1 is 1.53 bits per heavy atom. The number of hydrogen-bond donors (Lipinski definition) is 2. The van der Waals surface area contributed by atoms with Crippen LogP contribution in [-0.2, 0) is 0 Å². The molecule has 0 aliphatic rings. The molecule has 1 aromatic rings. The summed E-state index contributed by atoms with van der Waals surface area (Å²) in [6, 6.07) is 4.48. The number of carbonyl (C=O) groups excluding carboxylic acids is 1. The van der Waals surface area contributed by atoms with Crippen molar-refractivity contribution in [3.05, 3.63) is 28.2 Å². The van der Waals surface area contributed by atoms with Crippen LogP contribution in [0.2, 0.25) is 0 Å². The number of alkyl halides is 2. The molecule has 0 aliphatic carbocycles. The number of carbonyl (C=O) groups is 1. The van der Waals surface area contributed by atoms with Crippen molar-refractivity contribution in [2.75, 3.05) is 12.3 Å². The highest BCUT2D eigenvalue weighted by Gasteiger charge is 2.09. The Balaban J connectivity index is 2.70. The van der Waals surface area contributed by atoms with Crippen LogP contribution in [0.3, 0.4) is 0 Å². The topological polar surface area (TPSA) is 55.1 Å². The van der Waals surface area contributed by atoms with E-state index in [1.165, 1.54) is 18.2 Å². The van der Waals surface area contributed by atoms with Crippen molar-refractivity contribution in [1.82, 2.24) is 5.32 Å². The summed E-state index contributed by atoms with van der Waals surface area (Å²) in [5, 5.41) is 2.09. The summed E-state index contributed by atoms with van der Waals surface area (Å²) >= 11 is 3.14. The van der Waals surface area contributed by atoms with Crippen molar-refractivity contribution >= 4 is 27.5 Å². The molecular formula is C9H9BrF2N2O. The van der Waals surface area contributed by atoms with Crippen molar-refractivity contribution in [3.8, 4) is 0 Å². The highest BCUT2D eigenvalue weighted by atomic mass is 79.9. The van der Waals surface area contributed by atoms with E-state index in [2.05, 4.69) is 21.2 Å². The maximum atomic E-state index is 11.8. The van der Waals surface area contributed by atoms with Crippen LogP contribution in [0.5, 0.6) is 0 Å². The maximum absolute atomic E-state index is 11.8. The molecule has 0 saturated carbocycles. The summed E-state index contributed by atoms with van der Waals surface area (Å²) in [4.78, 5) is 11.3. The molecule has 1 aromatic carbocycles. The number of halogens is 3. The zero-order valence-electron chi connectivity index (χ0n) is 7.64. The van der Waals surface area contributed by atoms with Crippen LogP contribution in [0.25, 0.3) is 0 Å². The third-order valence-electron chi connectivity index (χ3n) is 1.68. The molecule has 0 atom stereocenters. The molecule has 0 heterocycles. The number of nitrogens with one attached hydrogen (secondary N) is 1. The Kier molecular flexibility index (Phi) is 4.02. The minimum absolute atomic E-state index is 0.289. The standard InChI is InChI=1S/C9H9BrF2N2O/c10-6-3-5(1-2-7(6)13)9(15)14-4-8(11)12/h1-3,8H,4,13H2,(H,14,15). The summed E-state index contributed by atoms with van der Waals surface area (Å²) in [5.41, 5.74) is 6.29. The lowest BCUT2D eigenvalue weighted by atomic mass is 10.2. The van der Waals surface area contributed by atoms with Gasteiger partial charge in [0.25, 0.3) is 12.3 Å². The van der Waals surface area contributed by atoms with Gasteiger partial charge in [0.15, 0.2) is 0 Å². The Morgan fingerprint density at radius 2 is 2.20 bits per heavy atom. The Bertz CT molecular complexity index is 371. The van der Waals surface area contributed by atoms with Gasteiger partial charge in [0.2, 0.25) is 0 Å². The largest absolute Gasteiger partial charge is 0.398 e. The predicted octanol–water partition coefficient (Wildman–Crippen LogP) is 2.03. The summed E-state index contributed by atoms with van der Waals surface area (Å²) in [6.07, 6.45) is -2.55. The molecule has 0 spiro atoms. The first-order chi connectivity index (χ1) is 7.00. The molecule has 0 aromatic heterocycles. The molecular weight excluding hydrogens is 270 g/mol. The van der Waals surface area contributed by atoms with E-state index in [9.17, 15) is 13.6 Å². The minimum Gasteiger partial charge on any atom is -0.398 e. The number of anilines is 1. The second kappa shape index (κ2) is 5.06. The summed E-state index contributed by atoms with van der Waals surface area (Å²) < 4.78 is 24.2. The van der Waals surface area contributed by atoms with E-state index >= 15 is 0 Å². The first-order valence-electron chi connectivity index (χ1n) is 4.12. The first-order valence-corrected chi connectivity index (χ1v) is 4.91. The number of amides is 1. The second-order valence-corrected chi connectivity index (χ2v) is 3.69. The fraction of sp³-hybridized carbons (Fsp3) is 0.222. The number of rotatable bonds is 3. The van der Waals surface area contributed by atoms with E-state index in [4.69, 9.17) is 5.73 Å². The van der Waals surface area contributed by atoms with Crippen molar-refractivity contribution in [1.29, 1.82) is 0 Å². The van der Waals surface area contributed by atoms with Crippen LogP contribution in [0.1, 0.15) is 10.4 Å². The van der Waals surface area contributed by atoms with E-state index in [0.29, 0.717) is 10.2 Å². The minimum atomic E-state index is -2.55. The van der Waals surface area contributed by atoms with Crippen LogP contribution >= 0.6 is 15.9 Å². The second-order valence-electron chi connectivity index (χ2n) is 2.84. The van der Waals surface area contributed by atoms with Crippen LogP contribution < -0.4 is 11.1 Å². The molecule has 15 heavy (non-hydrogen) atoms. The molecule has 1 amide bonds. The molecule has 82 valence electrons. The van der Waals surface area contributed by atoms with Crippen LogP contribution in [0.15, 0.2) is 22.7 Å². The third-order valence-corrected chi connectivity index (χ3v) is 2.37. The molecule has 0 radical (unpaired) electrons. The number of nitrogens with two attached hydrogens (primary N) is 1. The van der Waals surface area contributed by atoms with E-state index in [1.54, 1.807) is 0 Å². The summed E-state index contributed by atoms with van der Waals surface area (Å²) in [6.45, 7) is -0.652. The highest BCUT2D eigenvalue weighted by molar-refractivity contribution is 9.10. The monoisotopic (exact) mass is 278 g/mol. The molecule has 3 nitrogen and oxygen atoms in total. The van der Waals surface area contributed by atoms with Gasteiger partial charge < -0.3 is 11.1 Å². The molecule has 0 fully saturated rings. The van der Waals surface area contributed by atoms with Gasteiger partial charge in [-0.15, -0.1) is 0 Å². The van der Waals surface area contributed by atoms with Crippen molar-refractivity contribution in [3.63, 3.8) is 0 Å². The van der Waals surface area contributed by atoms with Gasteiger partial charge in [-0.05, 0) is 34.1 Å². The van der Waals surface area contributed by atoms with Crippen molar-refractivity contribution < 1.29 is 13.6 Å². The zero-order valence-corrected chi connectivity index (χ0v) is 9.22. The zero-order chi connectivity index (χ0) is 11.4. The molecule has 6 heteroatoms. The van der Waals surface area contributed by atoms with E-state index in [-0.39, 0.29) is 5.56 Å². The number of nitrogen functional groups attached to an aromatic ring is 1. The van der Waals surface area contributed by atoms with E-state index < -0.39 is 18.9 Å². The first kappa shape index (κ1) is 11.9. The number of benzene rings is 1. The summed E-state index contributed by atoms with van der Waals surface area (Å²) in [5.74, 6) is -0.545. The maximum Gasteiger partial charge on any atom is 0.255 e. The van der Waals surface area contributed by atoms with Crippen LogP contribution in [-0.4, -0.2) is 18.9 Å². The van der Waals surface area contributed by atoms with Gasteiger partial charge in [-0.2, -0.15) is 0 Å². The average Bonchev–Trinajstić information content (AvgIpc) is 2.18. The molecule has 1 rings (SSSR count). The average molecular weight is 279 g/mol. The highest BCUT2D eigenvalue weighted by Crippen LogP contribution is 2.20. The normalized spacial score (nSPS) is 10.4. The third kappa shape index (κ3) is 3.47. The van der Waals surface area contributed by atoms with Gasteiger partial charge in [0, 0.05) is 15.7 Å². The van der Waals surface area contributed by atoms with E-state index in [0.717, 1.165) is 0 Å². The molecule has 0 bridgehead atoms. The molecule has 0 aliphatic heterocycles. The SMILES string of the molecule is Nc1ccc(C(=O)NCC(F)F)cc1Br. The molecule has 0 saturated heterocycles. The van der Waals surface area contributed by atoms with Crippen molar-refractivity contribution in [2.45, 2.75) is 6.43 Å². The quantitative estimate of drug-likeness (QED) is 0.832. The lowest BCUT2D eigenvalue weighted by molar-refractivity contribution is 0.0891.